The molecular weight excluding hydrogens is 260 g/mol. The van der Waals surface area contributed by atoms with Crippen LogP contribution in [0.4, 0.5) is 0 Å². The minimum atomic E-state index is 0.723. The summed E-state index contributed by atoms with van der Waals surface area (Å²) in [5.41, 5.74) is 4.19. The second-order valence-corrected chi connectivity index (χ2v) is 4.36. The standard InChI is InChI=1S/C8H7NO.C8H11N.C2H6/c1-6-9-7-4-2-3-5-8(7)10-6;1-3-8-5-4-7(2)9-6-8;1-2/h2-5H,1H3;4-6H,3H2,1-2H3;1-2H3. The van der Waals surface area contributed by atoms with Gasteiger partial charge in [-0.3, -0.25) is 4.98 Å². The normalized spacial score (nSPS) is 9.38. The van der Waals surface area contributed by atoms with Gasteiger partial charge in [0.25, 0.3) is 0 Å². The lowest BCUT2D eigenvalue weighted by Crippen LogP contribution is -1.83. The van der Waals surface area contributed by atoms with E-state index in [0.717, 1.165) is 29.1 Å². The molecule has 0 N–H and O–H groups in total. The van der Waals surface area contributed by atoms with E-state index < -0.39 is 0 Å². The molecular formula is C18H24N2O. The number of oxazole rings is 1. The van der Waals surface area contributed by atoms with Crippen LogP contribution >= 0.6 is 0 Å². The predicted octanol–water partition coefficient (Wildman–Crippen LogP) is 5.11. The molecule has 0 unspecified atom stereocenters. The Bertz CT molecular complexity index is 609. The van der Waals surface area contributed by atoms with Crippen LogP contribution in [0.3, 0.4) is 0 Å². The average Bonchev–Trinajstić information content (AvgIpc) is 2.91. The number of hydrogen-bond donors (Lipinski definition) is 0. The Balaban J connectivity index is 0.000000189. The first-order valence-electron chi connectivity index (χ1n) is 7.42. The second kappa shape index (κ2) is 8.90. The first kappa shape index (κ1) is 16.9. The van der Waals surface area contributed by atoms with Gasteiger partial charge in [0.1, 0.15) is 5.52 Å². The van der Waals surface area contributed by atoms with Crippen LogP contribution in [0.5, 0.6) is 0 Å². The van der Waals surface area contributed by atoms with E-state index in [9.17, 15) is 0 Å². The van der Waals surface area contributed by atoms with Crippen molar-refractivity contribution in [2.45, 2.75) is 41.0 Å². The smallest absolute Gasteiger partial charge is 0.192 e. The van der Waals surface area contributed by atoms with Crippen molar-refractivity contribution >= 4 is 11.1 Å². The molecule has 21 heavy (non-hydrogen) atoms. The Labute approximate surface area is 127 Å². The molecule has 2 heterocycles. The van der Waals surface area contributed by atoms with Crippen LogP contribution in [0.15, 0.2) is 47.0 Å². The molecule has 0 aliphatic heterocycles. The number of benzene rings is 1. The minimum absolute atomic E-state index is 0.723. The van der Waals surface area contributed by atoms with E-state index >= 15 is 0 Å². The van der Waals surface area contributed by atoms with Gasteiger partial charge < -0.3 is 4.42 Å². The SMILES string of the molecule is CC.CCc1ccc(C)nc1.Cc1nc2ccccc2o1. The molecule has 0 aliphatic carbocycles. The van der Waals surface area contributed by atoms with Gasteiger partial charge in [0.05, 0.1) is 0 Å². The molecule has 3 rings (SSSR count). The maximum Gasteiger partial charge on any atom is 0.192 e. The van der Waals surface area contributed by atoms with Gasteiger partial charge in [-0.1, -0.05) is 39.0 Å². The van der Waals surface area contributed by atoms with Crippen LogP contribution in [0, 0.1) is 13.8 Å². The highest BCUT2D eigenvalue weighted by molar-refractivity contribution is 5.71. The average molecular weight is 284 g/mol. The van der Waals surface area contributed by atoms with E-state index in [-0.39, 0.29) is 0 Å². The molecule has 0 spiro atoms. The van der Waals surface area contributed by atoms with Crippen molar-refractivity contribution in [3.63, 3.8) is 0 Å². The summed E-state index contributed by atoms with van der Waals surface area (Å²) >= 11 is 0. The number of fused-ring (bicyclic) bond motifs is 1. The van der Waals surface area contributed by atoms with Gasteiger partial charge >= 0.3 is 0 Å². The zero-order chi connectivity index (χ0) is 15.7. The molecule has 0 saturated heterocycles. The highest BCUT2D eigenvalue weighted by Gasteiger charge is 1.97. The van der Waals surface area contributed by atoms with Gasteiger partial charge in [-0.25, -0.2) is 4.98 Å². The summed E-state index contributed by atoms with van der Waals surface area (Å²) in [6.07, 6.45) is 3.00. The zero-order valence-electron chi connectivity index (χ0n) is 13.6. The first-order chi connectivity index (χ1) is 10.2. The lowest BCUT2D eigenvalue weighted by Gasteiger charge is -1.93. The third kappa shape index (κ3) is 5.38. The Kier molecular flexibility index (Phi) is 7.16. The molecule has 0 aliphatic rings. The molecule has 3 aromatic rings. The summed E-state index contributed by atoms with van der Waals surface area (Å²) < 4.78 is 5.26. The van der Waals surface area contributed by atoms with E-state index in [0.29, 0.717) is 0 Å². The third-order valence-corrected chi connectivity index (χ3v) is 2.78. The summed E-state index contributed by atoms with van der Waals surface area (Å²) in [4.78, 5) is 8.30. The van der Waals surface area contributed by atoms with Gasteiger partial charge in [0.2, 0.25) is 0 Å². The lowest BCUT2D eigenvalue weighted by atomic mass is 10.2. The lowest BCUT2D eigenvalue weighted by molar-refractivity contribution is 0.561. The fourth-order valence-electron chi connectivity index (χ4n) is 1.69. The summed E-state index contributed by atoms with van der Waals surface area (Å²) in [6, 6.07) is 11.9. The number of rotatable bonds is 1. The van der Waals surface area contributed by atoms with E-state index in [1.807, 2.05) is 64.2 Å². The molecule has 112 valence electrons. The van der Waals surface area contributed by atoms with Gasteiger partial charge in [-0.05, 0) is 37.1 Å². The van der Waals surface area contributed by atoms with Crippen molar-refractivity contribution in [2.75, 3.05) is 0 Å². The second-order valence-electron chi connectivity index (χ2n) is 4.36. The third-order valence-electron chi connectivity index (χ3n) is 2.78. The molecule has 2 aromatic heterocycles. The van der Waals surface area contributed by atoms with Crippen LogP contribution < -0.4 is 0 Å². The Morgan fingerprint density at radius 1 is 1.00 bits per heavy atom. The number of hydrogen-bond acceptors (Lipinski definition) is 3. The van der Waals surface area contributed by atoms with Gasteiger partial charge in [0, 0.05) is 18.8 Å². The number of aromatic nitrogens is 2. The topological polar surface area (TPSA) is 38.9 Å². The zero-order valence-corrected chi connectivity index (χ0v) is 13.6. The number of para-hydroxylation sites is 2. The van der Waals surface area contributed by atoms with E-state index in [1.165, 1.54) is 5.56 Å². The monoisotopic (exact) mass is 284 g/mol. The highest BCUT2D eigenvalue weighted by Crippen LogP contribution is 2.12. The largest absolute Gasteiger partial charge is 0.441 e. The highest BCUT2D eigenvalue weighted by atomic mass is 16.3. The number of aryl methyl sites for hydroxylation is 3. The van der Waals surface area contributed by atoms with Crippen molar-refractivity contribution in [3.05, 3.63) is 59.7 Å². The molecule has 1 aromatic carbocycles. The Morgan fingerprint density at radius 3 is 2.29 bits per heavy atom. The van der Waals surface area contributed by atoms with Crippen LogP contribution in [0.1, 0.15) is 37.9 Å². The number of nitrogens with zero attached hydrogens (tertiary/aromatic N) is 2. The maximum absolute atomic E-state index is 5.26. The van der Waals surface area contributed by atoms with Crippen molar-refractivity contribution in [3.8, 4) is 0 Å². The molecule has 0 bridgehead atoms. The summed E-state index contributed by atoms with van der Waals surface area (Å²) in [6.45, 7) is 9.98. The van der Waals surface area contributed by atoms with Crippen LogP contribution in [0.25, 0.3) is 11.1 Å². The molecule has 3 heteroatoms. The fraction of sp³-hybridized carbons (Fsp3) is 0.333. The maximum atomic E-state index is 5.26. The molecule has 0 saturated carbocycles. The molecule has 0 atom stereocenters. The summed E-state index contributed by atoms with van der Waals surface area (Å²) in [5, 5.41) is 0. The molecule has 0 fully saturated rings. The quantitative estimate of drug-likeness (QED) is 0.623. The first-order valence-corrected chi connectivity index (χ1v) is 7.42. The van der Waals surface area contributed by atoms with Crippen LogP contribution in [-0.4, -0.2) is 9.97 Å². The van der Waals surface area contributed by atoms with E-state index in [4.69, 9.17) is 4.42 Å². The van der Waals surface area contributed by atoms with Gasteiger partial charge in [-0.15, -0.1) is 0 Å². The van der Waals surface area contributed by atoms with Gasteiger partial charge in [-0.2, -0.15) is 0 Å². The molecule has 3 nitrogen and oxygen atoms in total. The van der Waals surface area contributed by atoms with Crippen molar-refractivity contribution in [1.82, 2.24) is 9.97 Å². The molecule has 0 radical (unpaired) electrons. The number of pyridine rings is 1. The molecule has 0 amide bonds. The van der Waals surface area contributed by atoms with E-state index in [1.54, 1.807) is 0 Å². The van der Waals surface area contributed by atoms with Crippen molar-refractivity contribution in [1.29, 1.82) is 0 Å². The summed E-state index contributed by atoms with van der Waals surface area (Å²) in [5.74, 6) is 0.723. The Morgan fingerprint density at radius 2 is 1.71 bits per heavy atom. The fourth-order valence-corrected chi connectivity index (χ4v) is 1.69. The van der Waals surface area contributed by atoms with E-state index in [2.05, 4.69) is 23.0 Å². The van der Waals surface area contributed by atoms with Crippen LogP contribution in [-0.2, 0) is 6.42 Å². The van der Waals surface area contributed by atoms with Crippen LogP contribution in [0.2, 0.25) is 0 Å². The van der Waals surface area contributed by atoms with Crippen molar-refractivity contribution < 1.29 is 4.42 Å². The van der Waals surface area contributed by atoms with Gasteiger partial charge in [0.15, 0.2) is 11.5 Å². The Hall–Kier alpha value is -2.16. The van der Waals surface area contributed by atoms with Crippen molar-refractivity contribution in [2.24, 2.45) is 0 Å². The minimum Gasteiger partial charge on any atom is -0.441 e. The summed E-state index contributed by atoms with van der Waals surface area (Å²) in [7, 11) is 0. The predicted molar refractivity (Wildman–Crippen MR) is 88.4 cm³/mol.